The largest absolute Gasteiger partial charge is 0.390 e. The Labute approximate surface area is 112 Å². The minimum atomic E-state index is -0.373. The van der Waals surface area contributed by atoms with Gasteiger partial charge in [-0.2, -0.15) is 0 Å². The molecule has 1 aliphatic heterocycles. The van der Waals surface area contributed by atoms with E-state index in [0.29, 0.717) is 0 Å². The van der Waals surface area contributed by atoms with Gasteiger partial charge >= 0.3 is 0 Å². The second-order valence-electron chi connectivity index (χ2n) is 5.67. The minimum Gasteiger partial charge on any atom is -0.390 e. The lowest BCUT2D eigenvalue weighted by Gasteiger charge is -2.43. The fourth-order valence-corrected chi connectivity index (χ4v) is 3.37. The maximum absolute atomic E-state index is 10.4. The van der Waals surface area contributed by atoms with Gasteiger partial charge in [-0.3, -0.25) is 0 Å². The lowest BCUT2D eigenvalue weighted by Crippen LogP contribution is -2.50. The van der Waals surface area contributed by atoms with Gasteiger partial charge in [0.1, 0.15) is 0 Å². The summed E-state index contributed by atoms with van der Waals surface area (Å²) in [7, 11) is 0. The van der Waals surface area contributed by atoms with Gasteiger partial charge in [-0.1, -0.05) is 22.9 Å². The van der Waals surface area contributed by atoms with Crippen LogP contribution in [0.25, 0.3) is 0 Å². The summed E-state index contributed by atoms with van der Waals surface area (Å²) in [5, 5.41) is 13.9. The van der Waals surface area contributed by atoms with E-state index >= 15 is 0 Å². The number of aryl methyl sites for hydroxylation is 1. The van der Waals surface area contributed by atoms with Crippen molar-refractivity contribution >= 4 is 21.6 Å². The Hall–Kier alpha value is -0.540. The predicted octanol–water partition coefficient (Wildman–Crippen LogP) is 3.73. The number of halogens is 1. The van der Waals surface area contributed by atoms with Crippen molar-refractivity contribution < 1.29 is 5.11 Å². The zero-order chi connectivity index (χ0) is 13.0. The van der Waals surface area contributed by atoms with E-state index in [1.807, 2.05) is 13.8 Å². The molecule has 2 nitrogen and oxygen atoms in total. The second-order valence-corrected chi connectivity index (χ2v) is 6.52. The maximum Gasteiger partial charge on any atom is 0.0830 e. The van der Waals surface area contributed by atoms with Crippen molar-refractivity contribution in [3.05, 3.63) is 27.2 Å². The van der Waals surface area contributed by atoms with Crippen LogP contribution in [0.4, 0.5) is 5.69 Å². The molecule has 0 aromatic heterocycles. The Morgan fingerprint density at radius 3 is 2.53 bits per heavy atom. The number of benzene rings is 1. The first kappa shape index (κ1) is 12.9. The van der Waals surface area contributed by atoms with Gasteiger partial charge in [-0.15, -0.1) is 0 Å². The quantitative estimate of drug-likeness (QED) is 0.765. The van der Waals surface area contributed by atoms with Crippen LogP contribution in [0.15, 0.2) is 10.5 Å². The van der Waals surface area contributed by atoms with E-state index in [1.165, 1.54) is 22.4 Å². The normalized spacial score (nSPS) is 26.3. The van der Waals surface area contributed by atoms with E-state index in [9.17, 15) is 5.11 Å². The van der Waals surface area contributed by atoms with E-state index in [0.717, 1.165) is 4.47 Å². The summed E-state index contributed by atoms with van der Waals surface area (Å²) in [6, 6.07) is 2.14. The number of aliphatic hydroxyl groups excluding tert-OH is 1. The molecular formula is C14H20BrNO. The van der Waals surface area contributed by atoms with Crippen molar-refractivity contribution in [2.75, 3.05) is 5.32 Å². The van der Waals surface area contributed by atoms with Crippen LogP contribution in [0.3, 0.4) is 0 Å². The van der Waals surface area contributed by atoms with Crippen molar-refractivity contribution in [3.63, 3.8) is 0 Å². The molecule has 0 unspecified atom stereocenters. The molecule has 2 rings (SSSR count). The number of hydrogen-bond donors (Lipinski definition) is 2. The predicted molar refractivity (Wildman–Crippen MR) is 75.7 cm³/mol. The molecule has 0 saturated heterocycles. The summed E-state index contributed by atoms with van der Waals surface area (Å²) in [6.07, 6.45) is -0.373. The van der Waals surface area contributed by atoms with Crippen molar-refractivity contribution in [3.8, 4) is 0 Å². The summed E-state index contributed by atoms with van der Waals surface area (Å²) in [5.74, 6) is 0.150. The molecule has 1 aromatic carbocycles. The maximum atomic E-state index is 10.4. The van der Waals surface area contributed by atoms with Crippen LogP contribution in [-0.2, 0) is 0 Å². The number of aliphatic hydroxyl groups is 1. The first-order chi connectivity index (χ1) is 7.75. The lowest BCUT2D eigenvalue weighted by molar-refractivity contribution is 0.0866. The van der Waals surface area contributed by atoms with Crippen LogP contribution in [0.1, 0.15) is 43.4 Å². The molecule has 1 heterocycles. The Kier molecular flexibility index (Phi) is 3.03. The third-order valence-corrected chi connectivity index (χ3v) is 4.71. The number of hydrogen-bond acceptors (Lipinski definition) is 2. The first-order valence-corrected chi connectivity index (χ1v) is 6.81. The van der Waals surface area contributed by atoms with Gasteiger partial charge < -0.3 is 10.4 Å². The minimum absolute atomic E-state index is 0.150. The highest BCUT2D eigenvalue weighted by molar-refractivity contribution is 9.10. The molecule has 0 radical (unpaired) electrons. The van der Waals surface area contributed by atoms with Gasteiger partial charge in [-0.25, -0.2) is 0 Å². The Balaban J connectivity index is 2.69. The standard InChI is InChI=1S/C14H20BrNO/c1-7-6-10(15)8(2)11-9(3)13(17)14(4,5)16-12(7)11/h6,9,13,16-17H,1-5H3/t9-,13+/m1/s1. The summed E-state index contributed by atoms with van der Waals surface area (Å²) in [5.41, 5.74) is 4.60. The molecule has 0 spiro atoms. The number of rotatable bonds is 0. The van der Waals surface area contributed by atoms with Crippen LogP contribution in [0.5, 0.6) is 0 Å². The summed E-state index contributed by atoms with van der Waals surface area (Å²) < 4.78 is 1.12. The summed E-state index contributed by atoms with van der Waals surface area (Å²) >= 11 is 3.59. The molecule has 2 atom stereocenters. The number of anilines is 1. The van der Waals surface area contributed by atoms with Crippen LogP contribution in [0.2, 0.25) is 0 Å². The van der Waals surface area contributed by atoms with Crippen molar-refractivity contribution in [1.29, 1.82) is 0 Å². The number of fused-ring (bicyclic) bond motifs is 1. The SMILES string of the molecule is Cc1cc(Br)c(C)c2c1NC(C)(C)[C@@H](O)[C@@H]2C. The Morgan fingerprint density at radius 2 is 1.94 bits per heavy atom. The third-order valence-electron chi connectivity index (χ3n) is 3.88. The van der Waals surface area contributed by atoms with Crippen molar-refractivity contribution in [2.24, 2.45) is 0 Å². The molecule has 2 N–H and O–H groups in total. The summed E-state index contributed by atoms with van der Waals surface area (Å²) in [6.45, 7) is 10.4. The van der Waals surface area contributed by atoms with Crippen LogP contribution >= 0.6 is 15.9 Å². The van der Waals surface area contributed by atoms with Gasteiger partial charge in [-0.05, 0) is 50.5 Å². The topological polar surface area (TPSA) is 32.3 Å². The Morgan fingerprint density at radius 1 is 1.35 bits per heavy atom. The molecule has 17 heavy (non-hydrogen) atoms. The molecule has 1 aromatic rings. The highest BCUT2D eigenvalue weighted by Gasteiger charge is 2.39. The molecule has 0 aliphatic carbocycles. The van der Waals surface area contributed by atoms with Gasteiger partial charge in [0.15, 0.2) is 0 Å². The Bertz CT molecular complexity index is 468. The average molecular weight is 298 g/mol. The molecule has 0 amide bonds. The fourth-order valence-electron chi connectivity index (χ4n) is 2.81. The van der Waals surface area contributed by atoms with E-state index in [4.69, 9.17) is 0 Å². The average Bonchev–Trinajstić information content (AvgIpc) is 2.22. The third kappa shape index (κ3) is 1.89. The monoisotopic (exact) mass is 297 g/mol. The molecule has 3 heteroatoms. The lowest BCUT2D eigenvalue weighted by atomic mass is 9.77. The molecule has 0 bridgehead atoms. The summed E-state index contributed by atoms with van der Waals surface area (Å²) in [4.78, 5) is 0. The number of nitrogens with one attached hydrogen (secondary N) is 1. The molecule has 94 valence electrons. The molecular weight excluding hydrogens is 278 g/mol. The van der Waals surface area contributed by atoms with E-state index < -0.39 is 0 Å². The zero-order valence-corrected chi connectivity index (χ0v) is 12.6. The first-order valence-electron chi connectivity index (χ1n) is 6.01. The van der Waals surface area contributed by atoms with E-state index in [1.54, 1.807) is 0 Å². The van der Waals surface area contributed by atoms with Gasteiger partial charge in [0.25, 0.3) is 0 Å². The molecule has 0 fully saturated rings. The van der Waals surface area contributed by atoms with Gasteiger partial charge in [0, 0.05) is 16.1 Å². The van der Waals surface area contributed by atoms with Crippen molar-refractivity contribution in [2.45, 2.75) is 52.2 Å². The highest BCUT2D eigenvalue weighted by Crippen LogP contribution is 2.44. The van der Waals surface area contributed by atoms with E-state index in [2.05, 4.69) is 48.1 Å². The fraction of sp³-hybridized carbons (Fsp3) is 0.571. The van der Waals surface area contributed by atoms with Crippen LogP contribution < -0.4 is 5.32 Å². The smallest absolute Gasteiger partial charge is 0.0830 e. The molecule has 1 aliphatic rings. The van der Waals surface area contributed by atoms with Crippen LogP contribution in [0, 0.1) is 13.8 Å². The second kappa shape index (κ2) is 3.99. The highest BCUT2D eigenvalue weighted by atomic mass is 79.9. The zero-order valence-electron chi connectivity index (χ0n) is 11.1. The van der Waals surface area contributed by atoms with Crippen LogP contribution in [-0.4, -0.2) is 16.7 Å². The van der Waals surface area contributed by atoms with Gasteiger partial charge in [0.2, 0.25) is 0 Å². The van der Waals surface area contributed by atoms with Crippen molar-refractivity contribution in [1.82, 2.24) is 0 Å². The van der Waals surface area contributed by atoms with Gasteiger partial charge in [0.05, 0.1) is 11.6 Å². The molecule has 0 saturated carbocycles. The van der Waals surface area contributed by atoms with E-state index in [-0.39, 0.29) is 17.6 Å².